The van der Waals surface area contributed by atoms with Crippen molar-refractivity contribution in [3.8, 4) is 0 Å². The fourth-order valence-electron chi connectivity index (χ4n) is 1.67. The molecule has 90 valence electrons. The summed E-state index contributed by atoms with van der Waals surface area (Å²) in [5.74, 6) is 0. The molecular weight excluding hydrogens is 298 g/mol. The summed E-state index contributed by atoms with van der Waals surface area (Å²) in [4.78, 5) is 14.3. The molecule has 0 saturated carbocycles. The van der Waals surface area contributed by atoms with Gasteiger partial charge < -0.3 is 4.98 Å². The minimum atomic E-state index is -0.368. The van der Waals surface area contributed by atoms with E-state index in [0.29, 0.717) is 0 Å². The molecule has 0 radical (unpaired) electrons. The summed E-state index contributed by atoms with van der Waals surface area (Å²) in [5, 5.41) is 10.9. The van der Waals surface area contributed by atoms with Crippen molar-refractivity contribution in [2.75, 3.05) is 0 Å². The largest absolute Gasteiger partial charge is 0.363 e. The molecule has 0 bridgehead atoms. The Morgan fingerprint density at radius 3 is 3.11 bits per heavy atom. The molecule has 0 atom stereocenters. The first-order chi connectivity index (χ1) is 8.74. The number of nitrogens with one attached hydrogen (secondary N) is 2. The fourth-order valence-corrected chi connectivity index (χ4v) is 2.03. The Balaban J connectivity index is 2.05. The summed E-state index contributed by atoms with van der Waals surface area (Å²) in [7, 11) is 0. The van der Waals surface area contributed by atoms with Crippen molar-refractivity contribution >= 4 is 33.0 Å². The van der Waals surface area contributed by atoms with Gasteiger partial charge in [-0.05, 0) is 18.2 Å². The Hall–Kier alpha value is -2.15. The van der Waals surface area contributed by atoms with Crippen LogP contribution >= 0.6 is 15.9 Å². The second-order valence-electron chi connectivity index (χ2n) is 3.68. The van der Waals surface area contributed by atoms with Gasteiger partial charge in [0.25, 0.3) is 0 Å². The molecule has 6 nitrogen and oxygen atoms in total. The first-order valence-electron chi connectivity index (χ1n) is 5.17. The molecular formula is C11H8BrN5O. The average Bonchev–Trinajstić information content (AvgIpc) is 2.93. The molecule has 1 aromatic carbocycles. The van der Waals surface area contributed by atoms with Crippen LogP contribution in [0.25, 0.3) is 10.9 Å². The van der Waals surface area contributed by atoms with Gasteiger partial charge in [0.05, 0.1) is 6.21 Å². The van der Waals surface area contributed by atoms with E-state index in [0.717, 1.165) is 25.6 Å². The predicted octanol–water partition coefficient (Wildman–Crippen LogP) is 1.70. The van der Waals surface area contributed by atoms with Gasteiger partial charge in [-0.1, -0.05) is 15.9 Å². The Kier molecular flexibility index (Phi) is 2.60. The zero-order valence-corrected chi connectivity index (χ0v) is 10.7. The van der Waals surface area contributed by atoms with Crippen LogP contribution in [-0.4, -0.2) is 26.1 Å². The van der Waals surface area contributed by atoms with Crippen LogP contribution in [0.3, 0.4) is 0 Å². The lowest BCUT2D eigenvalue weighted by Crippen LogP contribution is -2.11. The molecule has 2 aromatic heterocycles. The maximum Gasteiger partial charge on any atom is 0.363 e. The lowest BCUT2D eigenvalue weighted by Gasteiger charge is -1.93. The van der Waals surface area contributed by atoms with Crippen LogP contribution in [0, 0.1) is 0 Å². The zero-order valence-electron chi connectivity index (χ0n) is 9.09. The summed E-state index contributed by atoms with van der Waals surface area (Å²) in [6.45, 7) is 0. The van der Waals surface area contributed by atoms with Crippen molar-refractivity contribution in [2.45, 2.75) is 0 Å². The van der Waals surface area contributed by atoms with Crippen molar-refractivity contribution in [1.29, 1.82) is 0 Å². The Morgan fingerprint density at radius 1 is 1.44 bits per heavy atom. The van der Waals surface area contributed by atoms with Crippen LogP contribution in [0.4, 0.5) is 0 Å². The number of hydrogen-bond donors (Lipinski definition) is 2. The van der Waals surface area contributed by atoms with Gasteiger partial charge >= 0.3 is 5.69 Å². The number of hydrogen-bond acceptors (Lipinski definition) is 3. The van der Waals surface area contributed by atoms with E-state index in [1.54, 1.807) is 6.21 Å². The molecule has 0 fully saturated rings. The molecule has 0 aliphatic rings. The van der Waals surface area contributed by atoms with Crippen LogP contribution < -0.4 is 5.69 Å². The average molecular weight is 306 g/mol. The molecule has 0 spiro atoms. The van der Waals surface area contributed by atoms with Crippen LogP contribution in [0.1, 0.15) is 5.56 Å². The predicted molar refractivity (Wildman–Crippen MR) is 71.8 cm³/mol. The molecule has 0 unspecified atom stereocenters. The van der Waals surface area contributed by atoms with Gasteiger partial charge in [0.1, 0.15) is 6.33 Å². The second-order valence-corrected chi connectivity index (χ2v) is 4.60. The lowest BCUT2D eigenvalue weighted by molar-refractivity contribution is 0.835. The van der Waals surface area contributed by atoms with Crippen LogP contribution in [0.2, 0.25) is 0 Å². The number of aromatic amines is 2. The first kappa shape index (κ1) is 11.0. The highest BCUT2D eigenvalue weighted by Gasteiger charge is 2.02. The second kappa shape index (κ2) is 4.26. The number of fused-ring (bicyclic) bond motifs is 1. The fraction of sp³-hybridized carbons (Fsp3) is 0. The summed E-state index contributed by atoms with van der Waals surface area (Å²) in [6.07, 6.45) is 4.78. The number of aromatic nitrogens is 4. The number of benzene rings is 1. The molecule has 18 heavy (non-hydrogen) atoms. The molecule has 3 rings (SSSR count). The normalized spacial score (nSPS) is 11.6. The van der Waals surface area contributed by atoms with Crippen molar-refractivity contribution in [3.05, 3.63) is 51.2 Å². The van der Waals surface area contributed by atoms with E-state index in [-0.39, 0.29) is 5.69 Å². The number of rotatable bonds is 2. The number of H-pyrrole nitrogens is 2. The quantitative estimate of drug-likeness (QED) is 0.707. The van der Waals surface area contributed by atoms with Gasteiger partial charge in [0.2, 0.25) is 0 Å². The standard InChI is InChI=1S/C11H8BrN5O/c12-8-1-2-10-9(3-8)7(4-13-10)5-15-17-6-14-16-11(17)18/h1-6,13H,(H,16,18)/b15-5+. The minimum absolute atomic E-state index is 0.368. The Bertz CT molecular complexity index is 782. The highest BCUT2D eigenvalue weighted by Crippen LogP contribution is 2.21. The summed E-state index contributed by atoms with van der Waals surface area (Å²) >= 11 is 3.42. The number of halogens is 1. The summed E-state index contributed by atoms with van der Waals surface area (Å²) in [5.41, 5.74) is 1.55. The van der Waals surface area contributed by atoms with E-state index in [4.69, 9.17) is 0 Å². The molecule has 7 heteroatoms. The van der Waals surface area contributed by atoms with Gasteiger partial charge in [-0.25, -0.2) is 9.89 Å². The third-order valence-corrected chi connectivity index (χ3v) is 3.03. The maximum absolute atomic E-state index is 11.2. The molecule has 0 amide bonds. The van der Waals surface area contributed by atoms with Crippen molar-refractivity contribution in [2.24, 2.45) is 5.10 Å². The van der Waals surface area contributed by atoms with E-state index in [9.17, 15) is 4.79 Å². The van der Waals surface area contributed by atoms with Gasteiger partial charge in [0.15, 0.2) is 0 Å². The smallest absolute Gasteiger partial charge is 0.361 e. The topological polar surface area (TPSA) is 78.8 Å². The van der Waals surface area contributed by atoms with E-state index < -0.39 is 0 Å². The minimum Gasteiger partial charge on any atom is -0.361 e. The lowest BCUT2D eigenvalue weighted by atomic mass is 10.2. The monoisotopic (exact) mass is 305 g/mol. The third-order valence-electron chi connectivity index (χ3n) is 2.53. The van der Waals surface area contributed by atoms with Crippen LogP contribution in [-0.2, 0) is 0 Å². The van der Waals surface area contributed by atoms with E-state index in [1.807, 2.05) is 24.4 Å². The highest BCUT2D eigenvalue weighted by molar-refractivity contribution is 9.10. The van der Waals surface area contributed by atoms with E-state index in [2.05, 4.69) is 36.2 Å². The SMILES string of the molecule is O=c1[nH]ncn1/N=C/c1c[nH]c2ccc(Br)cc12. The van der Waals surface area contributed by atoms with Gasteiger partial charge in [-0.2, -0.15) is 14.9 Å². The molecule has 0 saturated heterocycles. The zero-order chi connectivity index (χ0) is 12.5. The van der Waals surface area contributed by atoms with E-state index >= 15 is 0 Å². The molecule has 2 N–H and O–H groups in total. The van der Waals surface area contributed by atoms with Crippen LogP contribution in [0.5, 0.6) is 0 Å². The van der Waals surface area contributed by atoms with Gasteiger partial charge in [0, 0.05) is 27.1 Å². The van der Waals surface area contributed by atoms with Crippen molar-refractivity contribution < 1.29 is 0 Å². The van der Waals surface area contributed by atoms with Crippen molar-refractivity contribution in [3.63, 3.8) is 0 Å². The maximum atomic E-state index is 11.2. The van der Waals surface area contributed by atoms with Gasteiger partial charge in [-0.3, -0.25) is 0 Å². The molecule has 0 aliphatic heterocycles. The molecule has 0 aliphatic carbocycles. The Morgan fingerprint density at radius 2 is 2.33 bits per heavy atom. The van der Waals surface area contributed by atoms with E-state index in [1.165, 1.54) is 6.33 Å². The molecule has 3 aromatic rings. The van der Waals surface area contributed by atoms with Gasteiger partial charge in [-0.15, -0.1) is 0 Å². The highest BCUT2D eigenvalue weighted by atomic mass is 79.9. The third kappa shape index (κ3) is 1.88. The van der Waals surface area contributed by atoms with Crippen molar-refractivity contribution in [1.82, 2.24) is 19.9 Å². The summed E-state index contributed by atoms with van der Waals surface area (Å²) in [6, 6.07) is 5.92. The molecule has 2 heterocycles. The summed E-state index contributed by atoms with van der Waals surface area (Å²) < 4.78 is 2.13. The number of nitrogens with zero attached hydrogens (tertiary/aromatic N) is 3. The van der Waals surface area contributed by atoms with Crippen LogP contribution in [0.15, 0.2) is 45.1 Å². The Labute approximate surface area is 109 Å². The first-order valence-corrected chi connectivity index (χ1v) is 5.96.